The highest BCUT2D eigenvalue weighted by Gasteiger charge is 2.44. The SMILES string of the molecule is CN1CC(C(=O)NC2CCC(C3CC3c3ccccc3)CN2)CCC1=O. The molecule has 5 heteroatoms. The molecular weight excluding hydrogens is 326 g/mol. The van der Waals surface area contributed by atoms with Crippen LogP contribution in [-0.2, 0) is 9.59 Å². The third-order valence-electron chi connectivity index (χ3n) is 6.44. The first-order chi connectivity index (χ1) is 12.6. The Kier molecular flexibility index (Phi) is 4.98. The molecule has 0 spiro atoms. The summed E-state index contributed by atoms with van der Waals surface area (Å²) in [4.78, 5) is 25.7. The van der Waals surface area contributed by atoms with Crippen LogP contribution >= 0.6 is 0 Å². The Morgan fingerprint density at radius 2 is 2.00 bits per heavy atom. The first kappa shape index (κ1) is 17.5. The summed E-state index contributed by atoms with van der Waals surface area (Å²) in [6.45, 7) is 1.53. The van der Waals surface area contributed by atoms with Crippen molar-refractivity contribution in [3.05, 3.63) is 35.9 Å². The van der Waals surface area contributed by atoms with Crippen molar-refractivity contribution in [3.63, 3.8) is 0 Å². The second-order valence-corrected chi connectivity index (χ2v) is 8.23. The quantitative estimate of drug-likeness (QED) is 0.869. The number of nitrogens with zero attached hydrogens (tertiary/aromatic N) is 1. The monoisotopic (exact) mass is 355 g/mol. The zero-order valence-corrected chi connectivity index (χ0v) is 15.5. The average molecular weight is 355 g/mol. The summed E-state index contributed by atoms with van der Waals surface area (Å²) in [5.41, 5.74) is 1.48. The van der Waals surface area contributed by atoms with E-state index >= 15 is 0 Å². The number of nitrogens with one attached hydrogen (secondary N) is 2. The number of amides is 2. The number of piperidine rings is 2. The molecule has 5 unspecified atom stereocenters. The molecule has 3 aliphatic rings. The third kappa shape index (κ3) is 3.78. The summed E-state index contributed by atoms with van der Waals surface area (Å²) in [6.07, 6.45) is 4.71. The minimum Gasteiger partial charge on any atom is -0.345 e. The van der Waals surface area contributed by atoms with Crippen LogP contribution in [-0.4, -0.2) is 43.0 Å². The van der Waals surface area contributed by atoms with E-state index in [0.717, 1.165) is 24.8 Å². The number of carbonyl (C=O) groups excluding carboxylic acids is 2. The van der Waals surface area contributed by atoms with Gasteiger partial charge in [-0.15, -0.1) is 0 Å². The van der Waals surface area contributed by atoms with Gasteiger partial charge in [-0.2, -0.15) is 0 Å². The van der Waals surface area contributed by atoms with Gasteiger partial charge >= 0.3 is 0 Å². The van der Waals surface area contributed by atoms with E-state index in [1.165, 1.54) is 18.4 Å². The van der Waals surface area contributed by atoms with Crippen molar-refractivity contribution in [3.8, 4) is 0 Å². The molecule has 2 saturated heterocycles. The number of hydrogen-bond donors (Lipinski definition) is 2. The van der Waals surface area contributed by atoms with Crippen molar-refractivity contribution < 1.29 is 9.59 Å². The van der Waals surface area contributed by atoms with Gasteiger partial charge < -0.3 is 10.2 Å². The summed E-state index contributed by atoms with van der Waals surface area (Å²) in [7, 11) is 1.78. The average Bonchev–Trinajstić information content (AvgIpc) is 3.46. The maximum atomic E-state index is 12.5. The van der Waals surface area contributed by atoms with Crippen molar-refractivity contribution in [2.24, 2.45) is 17.8 Å². The van der Waals surface area contributed by atoms with Gasteiger partial charge in [0, 0.05) is 26.6 Å². The van der Waals surface area contributed by atoms with Gasteiger partial charge in [-0.05, 0) is 49.0 Å². The Bertz CT molecular complexity index is 654. The van der Waals surface area contributed by atoms with Crippen molar-refractivity contribution in [1.82, 2.24) is 15.5 Å². The molecule has 0 aromatic heterocycles. The summed E-state index contributed by atoms with van der Waals surface area (Å²) in [5.74, 6) is 2.40. The summed E-state index contributed by atoms with van der Waals surface area (Å²) < 4.78 is 0. The molecule has 1 aromatic rings. The number of benzene rings is 1. The molecule has 140 valence electrons. The molecule has 26 heavy (non-hydrogen) atoms. The number of carbonyl (C=O) groups is 2. The van der Waals surface area contributed by atoms with Gasteiger partial charge in [0.2, 0.25) is 11.8 Å². The van der Waals surface area contributed by atoms with Crippen LogP contribution in [0, 0.1) is 17.8 Å². The van der Waals surface area contributed by atoms with E-state index < -0.39 is 0 Å². The highest BCUT2D eigenvalue weighted by Crippen LogP contribution is 2.53. The van der Waals surface area contributed by atoms with Crippen LogP contribution in [0.3, 0.4) is 0 Å². The summed E-state index contributed by atoms with van der Waals surface area (Å²) in [6, 6.07) is 10.8. The van der Waals surface area contributed by atoms with Crippen molar-refractivity contribution >= 4 is 11.8 Å². The lowest BCUT2D eigenvalue weighted by Crippen LogP contribution is -2.53. The lowest BCUT2D eigenvalue weighted by atomic mass is 9.90. The van der Waals surface area contributed by atoms with E-state index in [9.17, 15) is 9.59 Å². The van der Waals surface area contributed by atoms with E-state index in [4.69, 9.17) is 0 Å². The molecule has 0 bridgehead atoms. The second-order valence-electron chi connectivity index (χ2n) is 8.23. The Morgan fingerprint density at radius 1 is 1.19 bits per heavy atom. The predicted molar refractivity (Wildman–Crippen MR) is 100 cm³/mol. The lowest BCUT2D eigenvalue weighted by molar-refractivity contribution is -0.137. The molecule has 1 saturated carbocycles. The van der Waals surface area contributed by atoms with Crippen LogP contribution in [0.1, 0.15) is 43.6 Å². The fourth-order valence-corrected chi connectivity index (χ4v) is 4.70. The molecule has 1 aromatic carbocycles. The van der Waals surface area contributed by atoms with Gasteiger partial charge in [-0.25, -0.2) is 0 Å². The first-order valence-electron chi connectivity index (χ1n) is 9.94. The van der Waals surface area contributed by atoms with Gasteiger partial charge in [0.15, 0.2) is 0 Å². The number of rotatable bonds is 4. The topological polar surface area (TPSA) is 61.4 Å². The molecule has 2 N–H and O–H groups in total. The van der Waals surface area contributed by atoms with Gasteiger partial charge in [-0.1, -0.05) is 30.3 Å². The van der Waals surface area contributed by atoms with Crippen LogP contribution in [0.2, 0.25) is 0 Å². The Hall–Kier alpha value is -1.88. The van der Waals surface area contributed by atoms with Crippen LogP contribution in [0.4, 0.5) is 0 Å². The summed E-state index contributed by atoms with van der Waals surface area (Å²) >= 11 is 0. The fraction of sp³-hybridized carbons (Fsp3) is 0.619. The Labute approximate surface area is 155 Å². The van der Waals surface area contributed by atoms with E-state index in [1.807, 2.05) is 0 Å². The standard InChI is InChI=1S/C21H29N3O2/c1-24-13-16(8-10-20(24)25)21(26)23-19-9-7-15(12-22-19)18-11-17(18)14-5-3-2-4-6-14/h2-6,15-19,22H,7-13H2,1H3,(H,23,26). The number of hydrogen-bond acceptors (Lipinski definition) is 3. The minimum atomic E-state index is -0.0666. The largest absolute Gasteiger partial charge is 0.345 e. The zero-order chi connectivity index (χ0) is 18.1. The highest BCUT2D eigenvalue weighted by atomic mass is 16.2. The maximum absolute atomic E-state index is 12.5. The van der Waals surface area contributed by atoms with E-state index in [0.29, 0.717) is 25.3 Å². The van der Waals surface area contributed by atoms with Crippen LogP contribution in [0.15, 0.2) is 30.3 Å². The molecular formula is C21H29N3O2. The van der Waals surface area contributed by atoms with Crippen LogP contribution < -0.4 is 10.6 Å². The lowest BCUT2D eigenvalue weighted by Gasteiger charge is -2.33. The van der Waals surface area contributed by atoms with E-state index in [-0.39, 0.29) is 23.9 Å². The number of likely N-dealkylation sites (tertiary alicyclic amines) is 1. The second kappa shape index (κ2) is 7.39. The molecule has 3 fully saturated rings. The molecule has 2 amide bonds. The normalized spacial score (nSPS) is 34.4. The fourth-order valence-electron chi connectivity index (χ4n) is 4.70. The van der Waals surface area contributed by atoms with E-state index in [2.05, 4.69) is 41.0 Å². The van der Waals surface area contributed by atoms with Crippen LogP contribution in [0.5, 0.6) is 0 Å². The minimum absolute atomic E-state index is 0.0666. The zero-order valence-electron chi connectivity index (χ0n) is 15.5. The van der Waals surface area contributed by atoms with Gasteiger partial charge in [0.25, 0.3) is 0 Å². The maximum Gasteiger partial charge on any atom is 0.226 e. The molecule has 2 aliphatic heterocycles. The highest BCUT2D eigenvalue weighted by molar-refractivity contribution is 5.83. The molecule has 0 radical (unpaired) electrons. The smallest absolute Gasteiger partial charge is 0.226 e. The molecule has 5 nitrogen and oxygen atoms in total. The van der Waals surface area contributed by atoms with Gasteiger partial charge in [0.05, 0.1) is 12.1 Å². The molecule has 2 heterocycles. The third-order valence-corrected chi connectivity index (χ3v) is 6.44. The van der Waals surface area contributed by atoms with Crippen molar-refractivity contribution in [2.45, 2.75) is 44.2 Å². The molecule has 4 rings (SSSR count). The van der Waals surface area contributed by atoms with E-state index in [1.54, 1.807) is 11.9 Å². The molecule has 5 atom stereocenters. The van der Waals surface area contributed by atoms with Gasteiger partial charge in [-0.3, -0.25) is 14.9 Å². The molecule has 1 aliphatic carbocycles. The van der Waals surface area contributed by atoms with Crippen molar-refractivity contribution in [1.29, 1.82) is 0 Å². The Balaban J connectivity index is 1.22. The summed E-state index contributed by atoms with van der Waals surface area (Å²) in [5, 5.41) is 6.70. The van der Waals surface area contributed by atoms with Crippen LogP contribution in [0.25, 0.3) is 0 Å². The Morgan fingerprint density at radius 3 is 2.69 bits per heavy atom. The van der Waals surface area contributed by atoms with Gasteiger partial charge in [0.1, 0.15) is 0 Å². The first-order valence-corrected chi connectivity index (χ1v) is 9.94. The predicted octanol–water partition coefficient (Wildman–Crippen LogP) is 2.10. The van der Waals surface area contributed by atoms with Crippen molar-refractivity contribution in [2.75, 3.05) is 20.1 Å².